The number of aryl methyl sites for hydroxylation is 1. The summed E-state index contributed by atoms with van der Waals surface area (Å²) in [4.78, 5) is 4.54. The van der Waals surface area contributed by atoms with Crippen LogP contribution in [0.4, 0.5) is 4.39 Å². The molecular weight excluding hydrogens is 269 g/mol. The van der Waals surface area contributed by atoms with Gasteiger partial charge in [0.2, 0.25) is 0 Å². The Kier molecular flexibility index (Phi) is 3.07. The predicted molar refractivity (Wildman–Crippen MR) is 77.4 cm³/mol. The zero-order chi connectivity index (χ0) is 15.0. The van der Waals surface area contributed by atoms with Crippen molar-refractivity contribution < 1.29 is 9.13 Å². The maximum atomic E-state index is 13.5. The standard InChI is InChI=1S/C16H12FN3O/c1-20-14-7-10(9-18)3-6-13(14)19-16(20)11-4-5-12(17)15(8-11)21-2/h3-8H,1-2H3. The number of nitriles is 1. The van der Waals surface area contributed by atoms with Gasteiger partial charge in [-0.3, -0.25) is 0 Å². The minimum absolute atomic E-state index is 0.178. The first-order valence-electron chi connectivity index (χ1n) is 6.34. The number of rotatable bonds is 2. The number of imidazole rings is 1. The molecule has 0 saturated carbocycles. The number of ether oxygens (including phenoxy) is 1. The van der Waals surface area contributed by atoms with Crippen LogP contribution in [0.1, 0.15) is 5.56 Å². The normalized spacial score (nSPS) is 10.6. The Morgan fingerprint density at radius 1 is 1.24 bits per heavy atom. The van der Waals surface area contributed by atoms with Gasteiger partial charge in [0.15, 0.2) is 11.6 Å². The summed E-state index contributed by atoms with van der Waals surface area (Å²) in [6, 6.07) is 12.1. The zero-order valence-electron chi connectivity index (χ0n) is 11.6. The molecule has 0 aliphatic heterocycles. The predicted octanol–water partition coefficient (Wildman–Crippen LogP) is 3.26. The van der Waals surface area contributed by atoms with E-state index in [2.05, 4.69) is 11.1 Å². The Morgan fingerprint density at radius 2 is 2.05 bits per heavy atom. The largest absolute Gasteiger partial charge is 0.494 e. The molecule has 5 heteroatoms. The lowest BCUT2D eigenvalue weighted by Gasteiger charge is -2.06. The van der Waals surface area contributed by atoms with Crippen LogP contribution in [0, 0.1) is 17.1 Å². The van der Waals surface area contributed by atoms with E-state index in [4.69, 9.17) is 10.00 Å². The first-order valence-corrected chi connectivity index (χ1v) is 6.34. The number of halogens is 1. The Labute approximate surface area is 121 Å². The van der Waals surface area contributed by atoms with Crippen molar-refractivity contribution in [3.05, 3.63) is 47.8 Å². The van der Waals surface area contributed by atoms with Gasteiger partial charge in [0.25, 0.3) is 0 Å². The van der Waals surface area contributed by atoms with Crippen LogP contribution < -0.4 is 4.74 Å². The third kappa shape index (κ3) is 2.11. The number of benzene rings is 2. The third-order valence-electron chi connectivity index (χ3n) is 3.42. The molecule has 2 aromatic carbocycles. The van der Waals surface area contributed by atoms with E-state index in [9.17, 15) is 4.39 Å². The molecule has 0 atom stereocenters. The highest BCUT2D eigenvalue weighted by molar-refractivity contribution is 5.82. The molecule has 1 heterocycles. The third-order valence-corrected chi connectivity index (χ3v) is 3.42. The molecule has 0 aliphatic rings. The van der Waals surface area contributed by atoms with Crippen molar-refractivity contribution in [2.45, 2.75) is 0 Å². The van der Waals surface area contributed by atoms with E-state index in [0.717, 1.165) is 16.6 Å². The Hall–Kier alpha value is -2.87. The Balaban J connectivity index is 2.21. The molecule has 0 unspecified atom stereocenters. The van der Waals surface area contributed by atoms with Crippen molar-refractivity contribution in [1.29, 1.82) is 5.26 Å². The fourth-order valence-electron chi connectivity index (χ4n) is 2.32. The number of nitrogens with zero attached hydrogens (tertiary/aromatic N) is 3. The first-order chi connectivity index (χ1) is 10.1. The first kappa shape index (κ1) is 13.1. The van der Waals surface area contributed by atoms with Gasteiger partial charge in [0.1, 0.15) is 5.82 Å². The minimum Gasteiger partial charge on any atom is -0.494 e. The molecule has 3 aromatic rings. The van der Waals surface area contributed by atoms with E-state index in [1.165, 1.54) is 13.2 Å². The average Bonchev–Trinajstić information content (AvgIpc) is 2.84. The average molecular weight is 281 g/mol. The molecule has 3 rings (SSSR count). The van der Waals surface area contributed by atoms with Gasteiger partial charge in [-0.2, -0.15) is 5.26 Å². The van der Waals surface area contributed by atoms with Crippen molar-refractivity contribution in [2.75, 3.05) is 7.11 Å². The molecule has 0 N–H and O–H groups in total. The van der Waals surface area contributed by atoms with Gasteiger partial charge in [-0.05, 0) is 36.4 Å². The van der Waals surface area contributed by atoms with Crippen LogP contribution in [0.25, 0.3) is 22.4 Å². The molecule has 0 bridgehead atoms. The molecular formula is C16H12FN3O. The Bertz CT molecular complexity index is 877. The topological polar surface area (TPSA) is 50.8 Å². The van der Waals surface area contributed by atoms with E-state index >= 15 is 0 Å². The number of hydrogen-bond acceptors (Lipinski definition) is 3. The van der Waals surface area contributed by atoms with Crippen molar-refractivity contribution in [2.24, 2.45) is 7.05 Å². The van der Waals surface area contributed by atoms with E-state index in [-0.39, 0.29) is 5.75 Å². The fraction of sp³-hybridized carbons (Fsp3) is 0.125. The molecule has 104 valence electrons. The van der Waals surface area contributed by atoms with E-state index < -0.39 is 5.82 Å². The molecule has 0 amide bonds. The summed E-state index contributed by atoms with van der Waals surface area (Å²) in [6.07, 6.45) is 0. The molecule has 21 heavy (non-hydrogen) atoms. The summed E-state index contributed by atoms with van der Waals surface area (Å²) >= 11 is 0. The van der Waals surface area contributed by atoms with Gasteiger partial charge in [-0.15, -0.1) is 0 Å². The maximum Gasteiger partial charge on any atom is 0.165 e. The monoisotopic (exact) mass is 281 g/mol. The highest BCUT2D eigenvalue weighted by Gasteiger charge is 2.12. The lowest BCUT2D eigenvalue weighted by Crippen LogP contribution is -1.94. The quantitative estimate of drug-likeness (QED) is 0.724. The molecule has 1 aromatic heterocycles. The second-order valence-electron chi connectivity index (χ2n) is 4.66. The number of methoxy groups -OCH3 is 1. The lowest BCUT2D eigenvalue weighted by molar-refractivity contribution is 0.386. The maximum absolute atomic E-state index is 13.5. The summed E-state index contributed by atoms with van der Waals surface area (Å²) in [6.45, 7) is 0. The van der Waals surface area contributed by atoms with Gasteiger partial charge >= 0.3 is 0 Å². The second kappa shape index (κ2) is 4.91. The van der Waals surface area contributed by atoms with Crippen LogP contribution in [-0.2, 0) is 7.05 Å². The number of fused-ring (bicyclic) bond motifs is 1. The van der Waals surface area contributed by atoms with Crippen LogP contribution >= 0.6 is 0 Å². The molecule has 0 saturated heterocycles. The van der Waals surface area contributed by atoms with Gasteiger partial charge in [-0.25, -0.2) is 9.37 Å². The van der Waals surface area contributed by atoms with Crippen molar-refractivity contribution in [1.82, 2.24) is 9.55 Å². The lowest BCUT2D eigenvalue weighted by atomic mass is 10.2. The van der Waals surface area contributed by atoms with E-state index in [1.807, 2.05) is 11.6 Å². The smallest absolute Gasteiger partial charge is 0.165 e. The van der Waals surface area contributed by atoms with Gasteiger partial charge < -0.3 is 9.30 Å². The SMILES string of the molecule is COc1cc(-c2nc3ccc(C#N)cc3n2C)ccc1F. The Morgan fingerprint density at radius 3 is 2.76 bits per heavy atom. The summed E-state index contributed by atoms with van der Waals surface area (Å²) < 4.78 is 20.4. The molecule has 0 aliphatic carbocycles. The van der Waals surface area contributed by atoms with Crippen LogP contribution in [0.2, 0.25) is 0 Å². The molecule has 0 radical (unpaired) electrons. The van der Waals surface area contributed by atoms with Crippen LogP contribution in [0.3, 0.4) is 0 Å². The van der Waals surface area contributed by atoms with Crippen molar-refractivity contribution >= 4 is 11.0 Å². The van der Waals surface area contributed by atoms with Crippen molar-refractivity contribution in [3.8, 4) is 23.2 Å². The van der Waals surface area contributed by atoms with Crippen LogP contribution in [-0.4, -0.2) is 16.7 Å². The summed E-state index contributed by atoms with van der Waals surface area (Å²) in [5, 5.41) is 8.97. The summed E-state index contributed by atoms with van der Waals surface area (Å²) in [7, 11) is 3.29. The fourth-order valence-corrected chi connectivity index (χ4v) is 2.32. The van der Waals surface area contributed by atoms with Crippen LogP contribution in [0.15, 0.2) is 36.4 Å². The number of hydrogen-bond donors (Lipinski definition) is 0. The zero-order valence-corrected chi connectivity index (χ0v) is 11.6. The second-order valence-corrected chi connectivity index (χ2v) is 4.66. The van der Waals surface area contributed by atoms with Gasteiger partial charge in [0.05, 0.1) is 29.8 Å². The minimum atomic E-state index is -0.410. The number of aromatic nitrogens is 2. The van der Waals surface area contributed by atoms with Gasteiger partial charge in [0, 0.05) is 12.6 Å². The van der Waals surface area contributed by atoms with Crippen molar-refractivity contribution in [3.63, 3.8) is 0 Å². The summed E-state index contributed by atoms with van der Waals surface area (Å²) in [5.41, 5.74) is 2.97. The van der Waals surface area contributed by atoms with Gasteiger partial charge in [-0.1, -0.05) is 0 Å². The molecule has 4 nitrogen and oxygen atoms in total. The summed E-state index contributed by atoms with van der Waals surface area (Å²) in [5.74, 6) is 0.461. The van der Waals surface area contributed by atoms with E-state index in [0.29, 0.717) is 11.4 Å². The van der Waals surface area contributed by atoms with E-state index in [1.54, 1.807) is 30.3 Å². The molecule has 0 spiro atoms. The molecule has 0 fully saturated rings. The highest BCUT2D eigenvalue weighted by Crippen LogP contribution is 2.28. The van der Waals surface area contributed by atoms with Crippen LogP contribution in [0.5, 0.6) is 5.75 Å². The highest BCUT2D eigenvalue weighted by atomic mass is 19.1.